The highest BCUT2D eigenvalue weighted by molar-refractivity contribution is 9.10. The van der Waals surface area contributed by atoms with E-state index in [2.05, 4.69) is 72.2 Å². The van der Waals surface area contributed by atoms with Crippen LogP contribution in [0.3, 0.4) is 0 Å². The van der Waals surface area contributed by atoms with Crippen LogP contribution in [0.4, 0.5) is 0 Å². The summed E-state index contributed by atoms with van der Waals surface area (Å²) in [5.41, 5.74) is 0. The minimum atomic E-state index is 0.760. The van der Waals surface area contributed by atoms with Crippen LogP contribution >= 0.6 is 15.9 Å². The van der Waals surface area contributed by atoms with Crippen LogP contribution in [0.25, 0.3) is 21.5 Å². The second-order valence-corrected chi connectivity index (χ2v) is 10.0. The maximum absolute atomic E-state index is 6.45. The lowest BCUT2D eigenvalue weighted by Gasteiger charge is -2.18. The van der Waals surface area contributed by atoms with Gasteiger partial charge in [0.15, 0.2) is 0 Å². The van der Waals surface area contributed by atoms with Gasteiger partial charge in [-0.05, 0) is 31.0 Å². The van der Waals surface area contributed by atoms with Crippen LogP contribution in [0.1, 0.15) is 90.9 Å². The third-order valence-electron chi connectivity index (χ3n) is 6.38. The van der Waals surface area contributed by atoms with Gasteiger partial charge < -0.3 is 9.47 Å². The van der Waals surface area contributed by atoms with Gasteiger partial charge in [-0.1, -0.05) is 118 Å². The molecular weight excluding hydrogens is 472 g/mol. The number of fused-ring (bicyclic) bond motifs is 2. The molecule has 0 aliphatic carbocycles. The van der Waals surface area contributed by atoms with Crippen molar-refractivity contribution in [1.82, 2.24) is 0 Å². The lowest BCUT2D eigenvalue weighted by Crippen LogP contribution is -2.02. The van der Waals surface area contributed by atoms with Gasteiger partial charge in [0, 0.05) is 26.0 Å². The summed E-state index contributed by atoms with van der Waals surface area (Å²) in [5.74, 6) is 1.98. The molecule has 3 rings (SSSR count). The first-order valence-corrected chi connectivity index (χ1v) is 13.9. The van der Waals surface area contributed by atoms with Gasteiger partial charge in [0.2, 0.25) is 0 Å². The van der Waals surface area contributed by atoms with E-state index in [1.165, 1.54) is 64.2 Å². The van der Waals surface area contributed by atoms with Gasteiger partial charge >= 0.3 is 0 Å². The normalized spacial score (nSPS) is 11.4. The van der Waals surface area contributed by atoms with E-state index in [0.717, 1.165) is 63.6 Å². The van der Waals surface area contributed by atoms with E-state index in [1.807, 2.05) is 0 Å². The third kappa shape index (κ3) is 7.64. The molecule has 0 fully saturated rings. The predicted molar refractivity (Wildman–Crippen MR) is 147 cm³/mol. The van der Waals surface area contributed by atoms with Crippen LogP contribution in [0, 0.1) is 0 Å². The van der Waals surface area contributed by atoms with Crippen molar-refractivity contribution in [2.24, 2.45) is 0 Å². The Hall–Kier alpha value is -1.74. The predicted octanol–water partition coefficient (Wildman–Crippen LogP) is 10.2. The number of unbranched alkanes of at least 4 members (excludes halogenated alkanes) is 10. The summed E-state index contributed by atoms with van der Waals surface area (Å²) >= 11 is 3.67. The van der Waals surface area contributed by atoms with Crippen LogP contribution in [0.2, 0.25) is 0 Å². The van der Waals surface area contributed by atoms with Crippen molar-refractivity contribution < 1.29 is 9.47 Å². The second-order valence-electron chi connectivity index (χ2n) is 9.13. The largest absolute Gasteiger partial charge is 0.492 e. The first-order chi connectivity index (χ1) is 16.3. The molecule has 0 amide bonds. The molecule has 0 spiro atoms. The summed E-state index contributed by atoms with van der Waals surface area (Å²) in [4.78, 5) is 0. The fourth-order valence-corrected chi connectivity index (χ4v) is 4.86. The fraction of sp³-hybridized carbons (Fsp3) is 0.533. The Balaban J connectivity index is 1.77. The summed E-state index contributed by atoms with van der Waals surface area (Å²) in [7, 11) is 0. The van der Waals surface area contributed by atoms with Crippen molar-refractivity contribution in [3.05, 3.63) is 46.9 Å². The van der Waals surface area contributed by atoms with Gasteiger partial charge in [0.05, 0.1) is 13.2 Å². The number of halogens is 1. The first kappa shape index (κ1) is 25.9. The van der Waals surface area contributed by atoms with Crippen molar-refractivity contribution in [2.45, 2.75) is 90.9 Å². The summed E-state index contributed by atoms with van der Waals surface area (Å²) in [6, 6.07) is 15.0. The SMILES string of the molecule is CCCCCCCCOc1c2ccccc2c(OCCCCCCCC)c2cc(Br)ccc12. The van der Waals surface area contributed by atoms with E-state index < -0.39 is 0 Å². The smallest absolute Gasteiger partial charge is 0.135 e. The zero-order valence-electron chi connectivity index (χ0n) is 20.6. The first-order valence-electron chi connectivity index (χ1n) is 13.2. The third-order valence-corrected chi connectivity index (χ3v) is 6.87. The zero-order chi connectivity index (χ0) is 23.3. The molecule has 3 aromatic rings. The molecule has 3 heteroatoms. The molecule has 180 valence electrons. The number of benzene rings is 3. The highest BCUT2D eigenvalue weighted by Crippen LogP contribution is 2.43. The van der Waals surface area contributed by atoms with Crippen molar-refractivity contribution >= 4 is 37.5 Å². The quantitative estimate of drug-likeness (QED) is 0.140. The number of rotatable bonds is 16. The van der Waals surface area contributed by atoms with Gasteiger partial charge in [-0.3, -0.25) is 0 Å². The Morgan fingerprint density at radius 3 is 1.55 bits per heavy atom. The number of hydrogen-bond donors (Lipinski definition) is 0. The molecule has 3 aromatic carbocycles. The molecule has 0 aliphatic heterocycles. The minimum absolute atomic E-state index is 0.760. The average molecular weight is 514 g/mol. The molecule has 0 radical (unpaired) electrons. The summed E-state index contributed by atoms with van der Waals surface area (Å²) < 4.78 is 14.0. The van der Waals surface area contributed by atoms with Gasteiger partial charge in [-0.25, -0.2) is 0 Å². The molecule has 0 atom stereocenters. The van der Waals surface area contributed by atoms with E-state index in [9.17, 15) is 0 Å². The summed E-state index contributed by atoms with van der Waals surface area (Å²) in [6.07, 6.45) is 15.2. The Labute approximate surface area is 209 Å². The molecule has 0 unspecified atom stereocenters. The van der Waals surface area contributed by atoms with Gasteiger partial charge in [0.1, 0.15) is 11.5 Å². The molecule has 0 aromatic heterocycles. The van der Waals surface area contributed by atoms with Gasteiger partial charge in [-0.15, -0.1) is 0 Å². The summed E-state index contributed by atoms with van der Waals surface area (Å²) in [5, 5.41) is 4.57. The lowest BCUT2D eigenvalue weighted by molar-refractivity contribution is 0.306. The maximum Gasteiger partial charge on any atom is 0.135 e. The monoisotopic (exact) mass is 512 g/mol. The standard InChI is InChI=1S/C30H41BrO2/c1-3-5-7-9-11-15-21-32-29-25-17-13-14-18-26(25)30(28-23-24(31)19-20-27(28)29)33-22-16-12-10-8-6-4-2/h13-14,17-20,23H,3-12,15-16,21-22H2,1-2H3. The molecule has 0 bridgehead atoms. The molecule has 0 aliphatic rings. The molecular formula is C30H41BrO2. The maximum atomic E-state index is 6.45. The Kier molecular flexibility index (Phi) is 11.4. The number of hydrogen-bond acceptors (Lipinski definition) is 2. The van der Waals surface area contributed by atoms with Crippen molar-refractivity contribution in [3.8, 4) is 11.5 Å². The Bertz CT molecular complexity index is 982. The molecule has 0 N–H and O–H groups in total. The topological polar surface area (TPSA) is 18.5 Å². The van der Waals surface area contributed by atoms with Crippen LogP contribution in [-0.2, 0) is 0 Å². The van der Waals surface area contributed by atoms with E-state index in [-0.39, 0.29) is 0 Å². The summed E-state index contributed by atoms with van der Waals surface area (Å²) in [6.45, 7) is 6.05. The van der Waals surface area contributed by atoms with Gasteiger partial charge in [-0.2, -0.15) is 0 Å². The Morgan fingerprint density at radius 2 is 1.00 bits per heavy atom. The van der Waals surface area contributed by atoms with E-state index in [1.54, 1.807) is 0 Å². The highest BCUT2D eigenvalue weighted by Gasteiger charge is 2.16. The fourth-order valence-electron chi connectivity index (χ4n) is 4.50. The number of ether oxygens (including phenoxy) is 2. The van der Waals surface area contributed by atoms with E-state index >= 15 is 0 Å². The zero-order valence-corrected chi connectivity index (χ0v) is 22.2. The van der Waals surface area contributed by atoms with Crippen LogP contribution in [0.5, 0.6) is 11.5 Å². The molecule has 0 heterocycles. The second kappa shape index (κ2) is 14.5. The minimum Gasteiger partial charge on any atom is -0.492 e. The van der Waals surface area contributed by atoms with Crippen LogP contribution < -0.4 is 9.47 Å². The van der Waals surface area contributed by atoms with Crippen molar-refractivity contribution in [2.75, 3.05) is 13.2 Å². The molecule has 33 heavy (non-hydrogen) atoms. The lowest BCUT2D eigenvalue weighted by atomic mass is 10.0. The molecule has 0 saturated heterocycles. The Morgan fingerprint density at radius 1 is 0.545 bits per heavy atom. The van der Waals surface area contributed by atoms with Gasteiger partial charge in [0.25, 0.3) is 0 Å². The highest BCUT2D eigenvalue weighted by atomic mass is 79.9. The molecule has 0 saturated carbocycles. The average Bonchev–Trinajstić information content (AvgIpc) is 2.83. The van der Waals surface area contributed by atoms with Crippen molar-refractivity contribution in [1.29, 1.82) is 0 Å². The van der Waals surface area contributed by atoms with Crippen LogP contribution in [-0.4, -0.2) is 13.2 Å². The molecule has 2 nitrogen and oxygen atoms in total. The van der Waals surface area contributed by atoms with E-state index in [0.29, 0.717) is 0 Å². The van der Waals surface area contributed by atoms with Crippen LogP contribution in [0.15, 0.2) is 46.9 Å². The van der Waals surface area contributed by atoms with E-state index in [4.69, 9.17) is 9.47 Å². The van der Waals surface area contributed by atoms with Crippen molar-refractivity contribution in [3.63, 3.8) is 0 Å².